The van der Waals surface area contributed by atoms with Gasteiger partial charge in [0.15, 0.2) is 0 Å². The number of rotatable bonds is 2. The zero-order chi connectivity index (χ0) is 14.9. The molecule has 1 saturated heterocycles. The van der Waals surface area contributed by atoms with E-state index in [0.29, 0.717) is 6.54 Å². The first-order valence-corrected chi connectivity index (χ1v) is 8.27. The van der Waals surface area contributed by atoms with Gasteiger partial charge in [0.2, 0.25) is 0 Å². The van der Waals surface area contributed by atoms with Gasteiger partial charge in [0, 0.05) is 24.7 Å². The van der Waals surface area contributed by atoms with Crippen LogP contribution in [0.3, 0.4) is 0 Å². The molecule has 1 aromatic carbocycles. The zero-order valence-corrected chi connectivity index (χ0v) is 13.9. The van der Waals surface area contributed by atoms with Crippen molar-refractivity contribution in [2.75, 3.05) is 26.7 Å². The molecule has 2 heterocycles. The van der Waals surface area contributed by atoms with E-state index in [-0.39, 0.29) is 5.91 Å². The number of nitrogens with zero attached hydrogens (tertiary/aromatic N) is 1. The lowest BCUT2D eigenvalue weighted by Gasteiger charge is -2.40. The molecule has 0 atom stereocenters. The van der Waals surface area contributed by atoms with E-state index in [4.69, 9.17) is 4.74 Å². The number of piperidine rings is 1. The van der Waals surface area contributed by atoms with Crippen molar-refractivity contribution in [2.24, 2.45) is 0 Å². The van der Waals surface area contributed by atoms with E-state index in [2.05, 4.69) is 33.4 Å². The maximum atomic E-state index is 13.0. The van der Waals surface area contributed by atoms with Gasteiger partial charge in [0.1, 0.15) is 5.60 Å². The van der Waals surface area contributed by atoms with Crippen molar-refractivity contribution < 1.29 is 9.53 Å². The Bertz CT molecular complexity index is 541. The maximum Gasteiger partial charge on any atom is 0.255 e. The molecule has 0 aliphatic carbocycles. The summed E-state index contributed by atoms with van der Waals surface area (Å²) in [6, 6.07) is 6.26. The summed E-state index contributed by atoms with van der Waals surface area (Å²) in [6.45, 7) is 3.14. The minimum absolute atomic E-state index is 0.146. The molecule has 0 aromatic heterocycles. The molecule has 2 aliphatic heterocycles. The van der Waals surface area contributed by atoms with Crippen molar-refractivity contribution in [2.45, 2.75) is 31.4 Å². The van der Waals surface area contributed by atoms with Gasteiger partial charge in [-0.15, -0.1) is 0 Å². The first kappa shape index (κ1) is 15.0. The predicted octanol–water partition coefficient (Wildman–Crippen LogP) is 2.10. The van der Waals surface area contributed by atoms with Gasteiger partial charge < -0.3 is 15.0 Å². The fourth-order valence-corrected chi connectivity index (χ4v) is 3.87. The van der Waals surface area contributed by atoms with Crippen molar-refractivity contribution in [3.05, 3.63) is 33.8 Å². The average molecular weight is 353 g/mol. The van der Waals surface area contributed by atoms with Crippen LogP contribution < -0.4 is 5.32 Å². The highest BCUT2D eigenvalue weighted by atomic mass is 79.9. The topological polar surface area (TPSA) is 41.6 Å². The number of carbonyl (C=O) groups excluding carboxylic acids is 1. The summed E-state index contributed by atoms with van der Waals surface area (Å²) in [6.07, 6.45) is 2.42. The van der Waals surface area contributed by atoms with Gasteiger partial charge in [-0.25, -0.2) is 0 Å². The van der Waals surface area contributed by atoms with Gasteiger partial charge in [-0.05, 0) is 49.5 Å². The van der Waals surface area contributed by atoms with Crippen LogP contribution in [0.25, 0.3) is 0 Å². The Morgan fingerprint density at radius 1 is 1.38 bits per heavy atom. The number of nitrogens with one attached hydrogen (secondary N) is 1. The molecular weight excluding hydrogens is 332 g/mol. The molecular formula is C16H21BrN2O2. The minimum atomic E-state index is -0.635. The SMILES string of the molecule is COC1(C(=O)N2CCc3cccc(Br)c3C2)CCNCC1. The molecule has 0 radical (unpaired) electrons. The van der Waals surface area contributed by atoms with Gasteiger partial charge in [0.25, 0.3) is 5.91 Å². The third-order valence-electron chi connectivity index (χ3n) is 4.69. The zero-order valence-electron chi connectivity index (χ0n) is 12.3. The molecule has 1 fully saturated rings. The van der Waals surface area contributed by atoms with Crippen LogP contribution in [0.5, 0.6) is 0 Å². The third kappa shape index (κ3) is 2.74. The van der Waals surface area contributed by atoms with Crippen LogP contribution in [0.15, 0.2) is 22.7 Å². The Morgan fingerprint density at radius 3 is 2.86 bits per heavy atom. The molecule has 1 N–H and O–H groups in total. The number of carbonyl (C=O) groups is 1. The smallest absolute Gasteiger partial charge is 0.255 e. The molecule has 0 unspecified atom stereocenters. The highest BCUT2D eigenvalue weighted by Gasteiger charge is 2.43. The van der Waals surface area contributed by atoms with Gasteiger partial charge >= 0.3 is 0 Å². The summed E-state index contributed by atoms with van der Waals surface area (Å²) >= 11 is 3.61. The largest absolute Gasteiger partial charge is 0.368 e. The number of amides is 1. The van der Waals surface area contributed by atoms with Crippen LogP contribution in [-0.2, 0) is 22.5 Å². The Labute approximate surface area is 134 Å². The van der Waals surface area contributed by atoms with E-state index >= 15 is 0 Å². The molecule has 4 nitrogen and oxygen atoms in total. The van der Waals surface area contributed by atoms with Crippen LogP contribution in [0.1, 0.15) is 24.0 Å². The lowest BCUT2D eigenvalue weighted by molar-refractivity contribution is -0.159. The maximum absolute atomic E-state index is 13.0. The standard InChI is InChI=1S/C16H21BrN2O2/c1-21-16(6-8-18-9-7-16)15(20)19-10-5-12-3-2-4-14(17)13(12)11-19/h2-4,18H,5-11H2,1H3. The first-order chi connectivity index (χ1) is 10.2. The van der Waals surface area contributed by atoms with Crippen LogP contribution in [0.4, 0.5) is 0 Å². The first-order valence-electron chi connectivity index (χ1n) is 7.48. The van der Waals surface area contributed by atoms with Crippen LogP contribution in [-0.4, -0.2) is 43.2 Å². The minimum Gasteiger partial charge on any atom is -0.368 e. The van der Waals surface area contributed by atoms with Crippen LogP contribution in [0, 0.1) is 0 Å². The Morgan fingerprint density at radius 2 is 2.14 bits per heavy atom. The normalized spacial score (nSPS) is 21.0. The number of hydrogen-bond donors (Lipinski definition) is 1. The predicted molar refractivity (Wildman–Crippen MR) is 85.1 cm³/mol. The van der Waals surface area contributed by atoms with Gasteiger partial charge in [-0.3, -0.25) is 4.79 Å². The van der Waals surface area contributed by atoms with Crippen molar-refractivity contribution >= 4 is 21.8 Å². The number of benzene rings is 1. The molecule has 114 valence electrons. The van der Waals surface area contributed by atoms with Crippen molar-refractivity contribution in [1.29, 1.82) is 0 Å². The number of hydrogen-bond acceptors (Lipinski definition) is 3. The third-order valence-corrected chi connectivity index (χ3v) is 5.44. The molecule has 0 spiro atoms. The fraction of sp³-hybridized carbons (Fsp3) is 0.562. The number of ether oxygens (including phenoxy) is 1. The molecule has 2 aliphatic rings. The molecule has 3 rings (SSSR count). The van der Waals surface area contributed by atoms with E-state index in [1.54, 1.807) is 7.11 Å². The summed E-state index contributed by atoms with van der Waals surface area (Å²) < 4.78 is 6.76. The Kier molecular flexibility index (Phi) is 4.33. The molecule has 1 amide bonds. The summed E-state index contributed by atoms with van der Waals surface area (Å²) in [4.78, 5) is 14.9. The Hall–Kier alpha value is -0.910. The van der Waals surface area contributed by atoms with Crippen LogP contribution in [0.2, 0.25) is 0 Å². The number of fused-ring (bicyclic) bond motifs is 1. The van der Waals surface area contributed by atoms with Gasteiger partial charge in [0.05, 0.1) is 0 Å². The summed E-state index contributed by atoms with van der Waals surface area (Å²) in [5, 5.41) is 3.30. The van der Waals surface area contributed by atoms with Crippen molar-refractivity contribution in [3.8, 4) is 0 Å². The monoisotopic (exact) mass is 352 g/mol. The molecule has 1 aromatic rings. The van der Waals surface area contributed by atoms with E-state index < -0.39 is 5.60 Å². The number of methoxy groups -OCH3 is 1. The Balaban J connectivity index is 1.82. The molecule has 0 bridgehead atoms. The lowest BCUT2D eigenvalue weighted by Crippen LogP contribution is -2.56. The quantitative estimate of drug-likeness (QED) is 0.886. The molecule has 21 heavy (non-hydrogen) atoms. The number of halogens is 1. The van der Waals surface area contributed by atoms with Crippen molar-refractivity contribution in [1.82, 2.24) is 10.2 Å². The fourth-order valence-electron chi connectivity index (χ4n) is 3.34. The molecule has 5 heteroatoms. The summed E-state index contributed by atoms with van der Waals surface area (Å²) in [5.41, 5.74) is 1.94. The summed E-state index contributed by atoms with van der Waals surface area (Å²) in [5.74, 6) is 0.146. The average Bonchev–Trinajstić information content (AvgIpc) is 2.55. The summed E-state index contributed by atoms with van der Waals surface area (Å²) in [7, 11) is 1.66. The van der Waals surface area contributed by atoms with Crippen LogP contribution >= 0.6 is 15.9 Å². The lowest BCUT2D eigenvalue weighted by atomic mass is 9.89. The van der Waals surface area contributed by atoms with E-state index in [1.807, 2.05) is 11.0 Å². The van der Waals surface area contributed by atoms with Gasteiger partial charge in [-0.1, -0.05) is 28.1 Å². The molecule has 0 saturated carbocycles. The second kappa shape index (κ2) is 6.07. The van der Waals surface area contributed by atoms with E-state index in [0.717, 1.165) is 43.4 Å². The highest BCUT2D eigenvalue weighted by Crippen LogP contribution is 2.31. The highest BCUT2D eigenvalue weighted by molar-refractivity contribution is 9.10. The van der Waals surface area contributed by atoms with Crippen molar-refractivity contribution in [3.63, 3.8) is 0 Å². The van der Waals surface area contributed by atoms with E-state index in [1.165, 1.54) is 11.1 Å². The van der Waals surface area contributed by atoms with E-state index in [9.17, 15) is 4.79 Å². The second-order valence-corrected chi connectivity index (χ2v) is 6.66. The van der Waals surface area contributed by atoms with Gasteiger partial charge in [-0.2, -0.15) is 0 Å². The second-order valence-electron chi connectivity index (χ2n) is 5.80.